The smallest absolute Gasteiger partial charge is 0.309 e. The molecule has 0 radical (unpaired) electrons. The number of benzene rings is 1. The quantitative estimate of drug-likeness (QED) is 0.815. The highest BCUT2D eigenvalue weighted by Gasteiger charge is 2.21. The van der Waals surface area contributed by atoms with E-state index in [1.54, 1.807) is 32.9 Å². The van der Waals surface area contributed by atoms with Gasteiger partial charge in [0.2, 0.25) is 10.0 Å². The molecule has 20 heavy (non-hydrogen) atoms. The molecule has 1 N–H and O–H groups in total. The van der Waals surface area contributed by atoms with E-state index in [0.717, 1.165) is 0 Å². The minimum absolute atomic E-state index is 0.0207. The van der Waals surface area contributed by atoms with Crippen molar-refractivity contribution >= 4 is 27.6 Å². The van der Waals surface area contributed by atoms with Crippen molar-refractivity contribution in [3.05, 3.63) is 28.8 Å². The summed E-state index contributed by atoms with van der Waals surface area (Å²) >= 11 is 5.91. The highest BCUT2D eigenvalue weighted by molar-refractivity contribution is 7.89. The van der Waals surface area contributed by atoms with Crippen molar-refractivity contribution in [3.63, 3.8) is 0 Å². The number of hydrogen-bond donors (Lipinski definition) is 1. The number of carbonyl (C=O) groups is 1. The summed E-state index contributed by atoms with van der Waals surface area (Å²) in [4.78, 5) is 11.6. The Hall–Kier alpha value is -1.11. The van der Waals surface area contributed by atoms with Crippen LogP contribution < -0.4 is 4.72 Å². The molecular weight excluding hydrogens is 302 g/mol. The summed E-state index contributed by atoms with van der Waals surface area (Å²) in [6.45, 7) is 5.18. The van der Waals surface area contributed by atoms with Gasteiger partial charge in [0, 0.05) is 11.6 Å². The van der Waals surface area contributed by atoms with Gasteiger partial charge in [-0.1, -0.05) is 24.6 Å². The lowest BCUT2D eigenvalue weighted by molar-refractivity contribution is -0.147. The van der Waals surface area contributed by atoms with Crippen molar-refractivity contribution in [3.8, 4) is 0 Å². The van der Waals surface area contributed by atoms with Gasteiger partial charge in [-0.2, -0.15) is 0 Å². The fourth-order valence-corrected chi connectivity index (χ4v) is 3.19. The maximum atomic E-state index is 12.2. The molecule has 0 saturated heterocycles. The SMILES string of the molecule is CCOC(=O)[C@@H](C)CNS(=O)(=O)c1cccc(Cl)c1C. The lowest BCUT2D eigenvalue weighted by Gasteiger charge is -2.13. The number of hydrogen-bond acceptors (Lipinski definition) is 4. The molecule has 0 aliphatic carbocycles. The van der Waals surface area contributed by atoms with Gasteiger partial charge in [-0.25, -0.2) is 13.1 Å². The van der Waals surface area contributed by atoms with Crippen LogP contribution in [0.1, 0.15) is 19.4 Å². The molecule has 0 aliphatic heterocycles. The topological polar surface area (TPSA) is 72.5 Å². The van der Waals surface area contributed by atoms with Gasteiger partial charge in [0.25, 0.3) is 0 Å². The van der Waals surface area contributed by atoms with Gasteiger partial charge in [-0.15, -0.1) is 0 Å². The van der Waals surface area contributed by atoms with E-state index >= 15 is 0 Å². The van der Waals surface area contributed by atoms with Crippen molar-refractivity contribution in [1.29, 1.82) is 0 Å². The molecule has 0 spiro atoms. The normalized spacial score (nSPS) is 13.0. The summed E-state index contributed by atoms with van der Waals surface area (Å²) in [7, 11) is -3.70. The first-order valence-corrected chi connectivity index (χ1v) is 8.07. The summed E-state index contributed by atoms with van der Waals surface area (Å²) in [6, 6.07) is 4.66. The molecular formula is C13H18ClNO4S. The fraction of sp³-hybridized carbons (Fsp3) is 0.462. The second-order valence-corrected chi connectivity index (χ2v) is 6.51. The summed E-state index contributed by atoms with van der Waals surface area (Å²) in [5, 5.41) is 0.381. The standard InChI is InChI=1S/C13H18ClNO4S/c1-4-19-13(16)9(2)8-15-20(17,18)12-7-5-6-11(14)10(12)3/h5-7,9,15H,4,8H2,1-3H3/t9-/m0/s1. The molecule has 1 aromatic rings. The Morgan fingerprint density at radius 1 is 1.45 bits per heavy atom. The Bertz CT molecular complexity index is 586. The summed E-state index contributed by atoms with van der Waals surface area (Å²) in [5.74, 6) is -0.984. The second-order valence-electron chi connectivity index (χ2n) is 4.37. The Morgan fingerprint density at radius 2 is 2.10 bits per heavy atom. The van der Waals surface area contributed by atoms with E-state index in [1.165, 1.54) is 6.07 Å². The molecule has 0 amide bonds. The van der Waals surface area contributed by atoms with Crippen LogP contribution in [0.3, 0.4) is 0 Å². The molecule has 5 nitrogen and oxygen atoms in total. The maximum Gasteiger partial charge on any atom is 0.309 e. The maximum absolute atomic E-state index is 12.2. The van der Waals surface area contributed by atoms with E-state index in [-0.39, 0.29) is 18.0 Å². The molecule has 0 fully saturated rings. The van der Waals surface area contributed by atoms with Gasteiger partial charge in [-0.05, 0) is 31.5 Å². The Labute approximate surface area is 124 Å². The summed E-state index contributed by atoms with van der Waals surface area (Å²) in [6.07, 6.45) is 0. The zero-order valence-electron chi connectivity index (χ0n) is 11.6. The average Bonchev–Trinajstić information content (AvgIpc) is 2.39. The van der Waals surface area contributed by atoms with Crippen LogP contribution >= 0.6 is 11.6 Å². The Morgan fingerprint density at radius 3 is 2.70 bits per heavy atom. The van der Waals surface area contributed by atoms with Crippen LogP contribution in [0.4, 0.5) is 0 Å². The summed E-state index contributed by atoms with van der Waals surface area (Å²) in [5.41, 5.74) is 0.477. The minimum atomic E-state index is -3.70. The molecule has 0 unspecified atom stereocenters. The van der Waals surface area contributed by atoms with E-state index in [2.05, 4.69) is 4.72 Å². The van der Waals surface area contributed by atoms with Gasteiger partial charge < -0.3 is 4.74 Å². The van der Waals surface area contributed by atoms with Gasteiger partial charge in [-0.3, -0.25) is 4.79 Å². The molecule has 112 valence electrons. The van der Waals surface area contributed by atoms with Gasteiger partial charge >= 0.3 is 5.97 Å². The molecule has 0 aliphatic rings. The summed E-state index contributed by atoms with van der Waals surface area (Å²) < 4.78 is 31.6. The predicted octanol–water partition coefficient (Wildman–Crippen LogP) is 2.13. The number of halogens is 1. The van der Waals surface area contributed by atoms with E-state index in [0.29, 0.717) is 10.6 Å². The highest BCUT2D eigenvalue weighted by Crippen LogP contribution is 2.22. The van der Waals surface area contributed by atoms with E-state index in [1.807, 2.05) is 0 Å². The predicted molar refractivity (Wildman–Crippen MR) is 77.2 cm³/mol. The molecule has 0 aromatic heterocycles. The van der Waals surface area contributed by atoms with Gasteiger partial charge in [0.15, 0.2) is 0 Å². The van der Waals surface area contributed by atoms with Crippen molar-refractivity contribution in [1.82, 2.24) is 4.72 Å². The molecule has 1 aromatic carbocycles. The third kappa shape index (κ3) is 4.19. The van der Waals surface area contributed by atoms with Crippen molar-refractivity contribution in [2.45, 2.75) is 25.7 Å². The molecule has 0 saturated carbocycles. The van der Waals surface area contributed by atoms with Crippen molar-refractivity contribution in [2.24, 2.45) is 5.92 Å². The van der Waals surface area contributed by atoms with Crippen LogP contribution in [0, 0.1) is 12.8 Å². The van der Waals surface area contributed by atoms with Crippen molar-refractivity contribution < 1.29 is 17.9 Å². The Balaban J connectivity index is 2.81. The molecule has 1 rings (SSSR count). The molecule has 0 bridgehead atoms. The first-order valence-electron chi connectivity index (χ1n) is 6.21. The van der Waals surface area contributed by atoms with E-state index in [9.17, 15) is 13.2 Å². The van der Waals surface area contributed by atoms with Gasteiger partial charge in [0.05, 0.1) is 17.4 Å². The van der Waals surface area contributed by atoms with Crippen molar-refractivity contribution in [2.75, 3.05) is 13.2 Å². The van der Waals surface area contributed by atoms with Crippen LogP contribution in [-0.4, -0.2) is 27.5 Å². The van der Waals surface area contributed by atoms with Crippen LogP contribution in [0.25, 0.3) is 0 Å². The Kier molecular flexibility index (Phi) is 5.98. The highest BCUT2D eigenvalue weighted by atomic mass is 35.5. The zero-order valence-corrected chi connectivity index (χ0v) is 13.2. The lowest BCUT2D eigenvalue weighted by atomic mass is 10.2. The number of sulfonamides is 1. The molecule has 0 heterocycles. The third-order valence-electron chi connectivity index (χ3n) is 2.78. The monoisotopic (exact) mass is 319 g/mol. The number of nitrogens with one attached hydrogen (secondary N) is 1. The number of ether oxygens (including phenoxy) is 1. The minimum Gasteiger partial charge on any atom is -0.466 e. The second kappa shape index (κ2) is 7.06. The average molecular weight is 320 g/mol. The molecule has 1 atom stereocenters. The van der Waals surface area contributed by atoms with Crippen LogP contribution in [0.15, 0.2) is 23.1 Å². The largest absolute Gasteiger partial charge is 0.466 e. The van der Waals surface area contributed by atoms with E-state index < -0.39 is 21.9 Å². The number of esters is 1. The van der Waals surface area contributed by atoms with E-state index in [4.69, 9.17) is 16.3 Å². The number of carbonyl (C=O) groups excluding carboxylic acids is 1. The van der Waals surface area contributed by atoms with Crippen LogP contribution in [0.5, 0.6) is 0 Å². The van der Waals surface area contributed by atoms with Crippen LogP contribution in [-0.2, 0) is 19.6 Å². The number of rotatable bonds is 6. The third-order valence-corrected chi connectivity index (χ3v) is 4.75. The van der Waals surface area contributed by atoms with Crippen LogP contribution in [0.2, 0.25) is 5.02 Å². The first-order chi connectivity index (χ1) is 9.29. The van der Waals surface area contributed by atoms with Gasteiger partial charge in [0.1, 0.15) is 0 Å². The zero-order chi connectivity index (χ0) is 15.3. The first kappa shape index (κ1) is 16.9. The fourth-order valence-electron chi connectivity index (χ4n) is 1.56. The lowest BCUT2D eigenvalue weighted by Crippen LogP contribution is -2.32. The molecule has 7 heteroatoms.